The van der Waals surface area contributed by atoms with Crippen LogP contribution in [0.2, 0.25) is 5.28 Å². The van der Waals surface area contributed by atoms with E-state index in [1.807, 2.05) is 0 Å². The molecule has 1 heterocycles. The van der Waals surface area contributed by atoms with Gasteiger partial charge in [0.15, 0.2) is 11.6 Å². The minimum Gasteiger partial charge on any atom is -0.506 e. The second kappa shape index (κ2) is 9.85. The molecule has 0 amide bonds. The normalized spacial score (nSPS) is 12.8. The van der Waals surface area contributed by atoms with E-state index in [0.29, 0.717) is 12.1 Å². The number of rotatable bonds is 6. The Labute approximate surface area is 228 Å². The van der Waals surface area contributed by atoms with Crippen molar-refractivity contribution in [2.75, 3.05) is 5.73 Å². The topological polar surface area (TPSA) is 293 Å². The van der Waals surface area contributed by atoms with Gasteiger partial charge < -0.3 is 15.9 Å². The summed E-state index contributed by atoms with van der Waals surface area (Å²) in [7, 11) is -15.0. The third kappa shape index (κ3) is 5.77. The molecule has 210 valence electrons. The van der Waals surface area contributed by atoms with Crippen molar-refractivity contribution in [3.8, 4) is 22.9 Å². The summed E-state index contributed by atoms with van der Waals surface area (Å²) >= 11 is 5.81. The van der Waals surface area contributed by atoms with Crippen molar-refractivity contribution in [3.63, 3.8) is 0 Å². The molecule has 7 N–H and O–H groups in total. The number of nitrogens with two attached hydrogens (primary N) is 1. The van der Waals surface area contributed by atoms with Crippen LogP contribution in [0.5, 0.6) is 11.5 Å². The number of nitrogens with zero attached hydrogens (tertiary/aromatic N) is 5. The fourth-order valence-electron chi connectivity index (χ4n) is 3.41. The molecule has 4 rings (SSSR count). The number of hydrogen-bond donors (Lipinski definition) is 6. The standard InChI is InChI=1S/C19H13ClN6O11S3/c20-18-22-17(23-19(21)24-18)10-5-9(39(32,33)34)3-7-4-13(40(35,36)37)15(16(28)14(7)10)26-25-11-6-8(38(29,30)31)1-2-12(11)27/h1-6,27-28H,(H,29,30,31)(H,32,33,34)(H,35,36,37)(H2,21,22,23,24). The van der Waals surface area contributed by atoms with E-state index < -0.39 is 95.7 Å². The van der Waals surface area contributed by atoms with Crippen LogP contribution in [0.1, 0.15) is 0 Å². The van der Waals surface area contributed by atoms with Crippen LogP contribution < -0.4 is 5.73 Å². The maximum Gasteiger partial charge on any atom is 0.296 e. The summed E-state index contributed by atoms with van der Waals surface area (Å²) < 4.78 is 99.7. The summed E-state index contributed by atoms with van der Waals surface area (Å²) in [5.41, 5.74) is 3.61. The van der Waals surface area contributed by atoms with E-state index in [0.717, 1.165) is 24.3 Å². The third-order valence-electron chi connectivity index (χ3n) is 5.07. The maximum atomic E-state index is 12.2. The summed E-state index contributed by atoms with van der Waals surface area (Å²) in [5, 5.41) is 26.9. The van der Waals surface area contributed by atoms with Gasteiger partial charge in [-0.25, -0.2) is 0 Å². The molecule has 0 atom stereocenters. The van der Waals surface area contributed by atoms with E-state index in [1.165, 1.54) is 0 Å². The first-order valence-electron chi connectivity index (χ1n) is 10.0. The molecule has 0 radical (unpaired) electrons. The number of halogens is 1. The molecule has 0 saturated heterocycles. The number of aromatic hydroxyl groups is 2. The SMILES string of the molecule is Nc1nc(Cl)nc(-c2cc(S(=O)(=O)O)cc3cc(S(=O)(=O)O)c(N=Nc4cc(S(=O)(=O)O)ccc4O)c(O)c23)n1. The lowest BCUT2D eigenvalue weighted by molar-refractivity contribution is 0.471. The van der Waals surface area contributed by atoms with Crippen LogP contribution in [0.15, 0.2) is 61.3 Å². The van der Waals surface area contributed by atoms with Gasteiger partial charge in [-0.15, -0.1) is 10.2 Å². The molecule has 21 heteroatoms. The average molecular weight is 633 g/mol. The Bertz CT molecular complexity index is 2070. The number of phenols is 2. The lowest BCUT2D eigenvalue weighted by Crippen LogP contribution is -2.04. The van der Waals surface area contributed by atoms with Crippen molar-refractivity contribution in [2.24, 2.45) is 10.2 Å². The average Bonchev–Trinajstić information content (AvgIpc) is 2.81. The van der Waals surface area contributed by atoms with Gasteiger partial charge in [-0.3, -0.25) is 13.7 Å². The molecule has 40 heavy (non-hydrogen) atoms. The minimum absolute atomic E-state index is 0.381. The minimum atomic E-state index is -5.24. The lowest BCUT2D eigenvalue weighted by Gasteiger charge is -2.13. The lowest BCUT2D eigenvalue weighted by atomic mass is 10.0. The quantitative estimate of drug-likeness (QED) is 0.131. The number of benzene rings is 3. The van der Waals surface area contributed by atoms with Crippen LogP contribution in [0, 0.1) is 0 Å². The number of phenolic OH excluding ortho intramolecular Hbond substituents is 2. The van der Waals surface area contributed by atoms with Crippen LogP contribution in [-0.4, -0.2) is 64.1 Å². The summed E-state index contributed by atoms with van der Waals surface area (Å²) in [6, 6.07) is 4.52. The molecule has 0 unspecified atom stereocenters. The van der Waals surface area contributed by atoms with Gasteiger partial charge >= 0.3 is 0 Å². The molecule has 1 aromatic heterocycles. The Morgan fingerprint density at radius 3 is 2.00 bits per heavy atom. The van der Waals surface area contributed by atoms with Crippen molar-refractivity contribution in [2.45, 2.75) is 14.7 Å². The predicted octanol–water partition coefficient (Wildman–Crippen LogP) is 2.49. The first-order valence-corrected chi connectivity index (χ1v) is 14.7. The zero-order valence-corrected chi connectivity index (χ0v) is 22.3. The Hall–Kier alpha value is -4.05. The first kappa shape index (κ1) is 28.9. The number of azo groups is 1. The number of fused-ring (bicyclic) bond motifs is 1. The molecule has 0 aliphatic rings. The van der Waals surface area contributed by atoms with Crippen molar-refractivity contribution in [1.82, 2.24) is 15.0 Å². The zero-order chi connectivity index (χ0) is 29.8. The highest BCUT2D eigenvalue weighted by atomic mass is 35.5. The van der Waals surface area contributed by atoms with E-state index in [1.54, 1.807) is 0 Å². The van der Waals surface area contributed by atoms with Crippen molar-refractivity contribution >= 4 is 70.1 Å². The molecule has 17 nitrogen and oxygen atoms in total. The van der Waals surface area contributed by atoms with Crippen LogP contribution in [0.4, 0.5) is 17.3 Å². The summed E-state index contributed by atoms with van der Waals surface area (Å²) in [6.45, 7) is 0. The zero-order valence-electron chi connectivity index (χ0n) is 19.1. The summed E-state index contributed by atoms with van der Waals surface area (Å²) in [5.74, 6) is -2.63. The van der Waals surface area contributed by atoms with E-state index >= 15 is 0 Å². The van der Waals surface area contributed by atoms with Gasteiger partial charge in [0, 0.05) is 10.9 Å². The number of aromatic nitrogens is 3. The Kier molecular flexibility index (Phi) is 7.13. The molecule has 0 aliphatic carbocycles. The highest BCUT2D eigenvalue weighted by Crippen LogP contribution is 2.46. The molecular weight excluding hydrogens is 620 g/mol. The molecular formula is C19H13ClN6O11S3. The molecule has 3 aromatic carbocycles. The number of hydrogen-bond acceptors (Lipinski definition) is 14. The largest absolute Gasteiger partial charge is 0.506 e. The molecule has 0 saturated carbocycles. The fourth-order valence-corrected chi connectivity index (χ4v) is 5.28. The maximum absolute atomic E-state index is 12.2. The van der Waals surface area contributed by atoms with Crippen molar-refractivity contribution < 1.29 is 49.1 Å². The Balaban J connectivity index is 2.12. The van der Waals surface area contributed by atoms with Crippen molar-refractivity contribution in [1.29, 1.82) is 0 Å². The van der Waals surface area contributed by atoms with Gasteiger partial charge in [-0.1, -0.05) is 0 Å². The predicted molar refractivity (Wildman–Crippen MR) is 136 cm³/mol. The van der Waals surface area contributed by atoms with Gasteiger partial charge in [-0.05, 0) is 53.4 Å². The monoisotopic (exact) mass is 632 g/mol. The smallest absolute Gasteiger partial charge is 0.296 e. The van der Waals surface area contributed by atoms with Gasteiger partial charge in [0.05, 0.1) is 9.79 Å². The van der Waals surface area contributed by atoms with Crippen molar-refractivity contribution in [3.05, 3.63) is 41.7 Å². The van der Waals surface area contributed by atoms with E-state index in [2.05, 4.69) is 25.2 Å². The second-order valence-corrected chi connectivity index (χ2v) is 12.3. The number of anilines is 1. The van der Waals surface area contributed by atoms with E-state index in [9.17, 15) is 49.1 Å². The molecule has 0 spiro atoms. The van der Waals surface area contributed by atoms with Crippen LogP contribution >= 0.6 is 11.6 Å². The van der Waals surface area contributed by atoms with Crippen LogP contribution in [0.25, 0.3) is 22.2 Å². The Morgan fingerprint density at radius 2 is 1.43 bits per heavy atom. The highest BCUT2D eigenvalue weighted by molar-refractivity contribution is 7.86. The Morgan fingerprint density at radius 1 is 0.775 bits per heavy atom. The van der Waals surface area contributed by atoms with Crippen LogP contribution in [-0.2, 0) is 30.4 Å². The third-order valence-corrected chi connectivity index (χ3v) is 7.79. The van der Waals surface area contributed by atoms with Gasteiger partial charge in [0.1, 0.15) is 22.0 Å². The van der Waals surface area contributed by atoms with Crippen LogP contribution in [0.3, 0.4) is 0 Å². The van der Waals surface area contributed by atoms with Gasteiger partial charge in [0.25, 0.3) is 30.4 Å². The first-order chi connectivity index (χ1) is 18.4. The summed E-state index contributed by atoms with van der Waals surface area (Å²) in [4.78, 5) is 8.50. The summed E-state index contributed by atoms with van der Waals surface area (Å²) in [6.07, 6.45) is 0. The van der Waals surface area contributed by atoms with Gasteiger partial charge in [0.2, 0.25) is 11.2 Å². The molecule has 0 bridgehead atoms. The molecule has 0 fully saturated rings. The van der Waals surface area contributed by atoms with E-state index in [4.69, 9.17) is 17.3 Å². The molecule has 4 aromatic rings. The van der Waals surface area contributed by atoms with Gasteiger partial charge in [-0.2, -0.15) is 40.2 Å². The fraction of sp³-hybridized carbons (Fsp3) is 0. The second-order valence-electron chi connectivity index (χ2n) is 7.70. The highest BCUT2D eigenvalue weighted by Gasteiger charge is 2.27. The molecule has 0 aliphatic heterocycles. The number of nitrogen functional groups attached to an aromatic ring is 1. The van der Waals surface area contributed by atoms with E-state index in [-0.39, 0.29) is 5.56 Å².